The van der Waals surface area contributed by atoms with Crippen LogP contribution in [0.5, 0.6) is 0 Å². The Morgan fingerprint density at radius 3 is 2.62 bits per heavy atom. The van der Waals surface area contributed by atoms with Crippen LogP contribution < -0.4 is 0 Å². The number of halogens is 1. The lowest BCUT2D eigenvalue weighted by Crippen LogP contribution is -2.48. The van der Waals surface area contributed by atoms with E-state index in [-0.39, 0.29) is 11.7 Å². The number of hydrogen-bond acceptors (Lipinski definition) is 2. The van der Waals surface area contributed by atoms with Crippen molar-refractivity contribution in [3.8, 4) is 0 Å². The number of hydrogen-bond donors (Lipinski definition) is 1. The minimum absolute atomic E-state index is 0.196. The van der Waals surface area contributed by atoms with E-state index in [2.05, 4.69) is 18.7 Å². The summed E-state index contributed by atoms with van der Waals surface area (Å²) in [5.41, 5.74) is -0.116. The summed E-state index contributed by atoms with van der Waals surface area (Å²) < 4.78 is 13.9. The molecule has 3 heteroatoms. The van der Waals surface area contributed by atoms with E-state index >= 15 is 0 Å². The zero-order chi connectivity index (χ0) is 15.3. The molecular formula is C18H28FNO. The van der Waals surface area contributed by atoms with Gasteiger partial charge in [0.2, 0.25) is 0 Å². The molecule has 1 aromatic rings. The molecule has 21 heavy (non-hydrogen) atoms. The molecule has 0 bridgehead atoms. The Morgan fingerprint density at radius 1 is 1.24 bits per heavy atom. The molecule has 1 aliphatic carbocycles. The lowest BCUT2D eigenvalue weighted by atomic mass is 9.72. The fraction of sp³-hybridized carbons (Fsp3) is 0.667. The highest BCUT2D eigenvalue weighted by Gasteiger charge is 2.39. The van der Waals surface area contributed by atoms with Gasteiger partial charge in [0.15, 0.2) is 0 Å². The maximum Gasteiger partial charge on any atom is 0.126 e. The van der Waals surface area contributed by atoms with Crippen molar-refractivity contribution >= 4 is 0 Å². The van der Waals surface area contributed by atoms with Crippen LogP contribution in [0.3, 0.4) is 0 Å². The van der Waals surface area contributed by atoms with E-state index in [4.69, 9.17) is 0 Å². The summed E-state index contributed by atoms with van der Waals surface area (Å²) in [6.45, 7) is 7.23. The Hall–Kier alpha value is -0.930. The summed E-state index contributed by atoms with van der Waals surface area (Å²) in [7, 11) is 0. The molecule has 2 nitrogen and oxygen atoms in total. The Kier molecular flexibility index (Phi) is 5.77. The third-order valence-corrected chi connectivity index (χ3v) is 5.00. The molecular weight excluding hydrogens is 265 g/mol. The second kappa shape index (κ2) is 7.37. The van der Waals surface area contributed by atoms with Crippen LogP contribution in [0.2, 0.25) is 0 Å². The molecule has 0 aliphatic heterocycles. The molecule has 0 radical (unpaired) electrons. The quantitative estimate of drug-likeness (QED) is 0.865. The van der Waals surface area contributed by atoms with Gasteiger partial charge in [0, 0.05) is 18.9 Å². The van der Waals surface area contributed by atoms with Crippen LogP contribution in [-0.4, -0.2) is 35.2 Å². The topological polar surface area (TPSA) is 23.5 Å². The van der Waals surface area contributed by atoms with Crippen molar-refractivity contribution in [2.75, 3.05) is 19.6 Å². The number of nitrogens with zero attached hydrogens (tertiary/aromatic N) is 1. The normalized spacial score (nSPS) is 26.2. The first-order chi connectivity index (χ1) is 10.1. The summed E-state index contributed by atoms with van der Waals surface area (Å²) in [6.07, 6.45) is 4.48. The molecule has 0 amide bonds. The van der Waals surface area contributed by atoms with E-state index in [1.165, 1.54) is 12.5 Å². The summed E-state index contributed by atoms with van der Waals surface area (Å²) in [5.74, 6) is 0.0452. The molecule has 2 atom stereocenters. The van der Waals surface area contributed by atoms with Crippen LogP contribution in [0.25, 0.3) is 0 Å². The lowest BCUT2D eigenvalue weighted by molar-refractivity contribution is -0.0588. The van der Waals surface area contributed by atoms with Crippen molar-refractivity contribution in [3.05, 3.63) is 35.6 Å². The third-order valence-electron chi connectivity index (χ3n) is 5.00. The molecule has 1 fully saturated rings. The van der Waals surface area contributed by atoms with Gasteiger partial charge in [-0.2, -0.15) is 0 Å². The van der Waals surface area contributed by atoms with Crippen molar-refractivity contribution < 1.29 is 9.50 Å². The first-order valence-corrected chi connectivity index (χ1v) is 8.27. The van der Waals surface area contributed by atoms with Gasteiger partial charge in [-0.1, -0.05) is 44.9 Å². The minimum Gasteiger partial charge on any atom is -0.389 e. The Balaban J connectivity index is 2.13. The molecule has 1 saturated carbocycles. The highest BCUT2D eigenvalue weighted by molar-refractivity contribution is 5.20. The predicted molar refractivity (Wildman–Crippen MR) is 84.8 cm³/mol. The average Bonchev–Trinajstić information content (AvgIpc) is 2.49. The smallest absolute Gasteiger partial charge is 0.126 e. The van der Waals surface area contributed by atoms with Crippen LogP contribution >= 0.6 is 0 Å². The zero-order valence-electron chi connectivity index (χ0n) is 13.3. The van der Waals surface area contributed by atoms with Gasteiger partial charge in [-0.3, -0.25) is 0 Å². The van der Waals surface area contributed by atoms with Crippen LogP contribution in [-0.2, 0) is 6.42 Å². The first kappa shape index (κ1) is 16.4. The highest BCUT2D eigenvalue weighted by Crippen LogP contribution is 2.37. The molecule has 1 aromatic carbocycles. The monoisotopic (exact) mass is 293 g/mol. The fourth-order valence-corrected chi connectivity index (χ4v) is 3.55. The number of aliphatic hydroxyl groups is 1. The van der Waals surface area contributed by atoms with E-state index in [9.17, 15) is 9.50 Å². The van der Waals surface area contributed by atoms with Gasteiger partial charge < -0.3 is 10.0 Å². The van der Waals surface area contributed by atoms with E-state index in [1.54, 1.807) is 12.1 Å². The van der Waals surface area contributed by atoms with Gasteiger partial charge >= 0.3 is 0 Å². The van der Waals surface area contributed by atoms with Gasteiger partial charge in [0.1, 0.15) is 5.82 Å². The molecule has 0 heterocycles. The van der Waals surface area contributed by atoms with Crippen LogP contribution in [0.4, 0.5) is 4.39 Å². The van der Waals surface area contributed by atoms with Crippen LogP contribution in [0.15, 0.2) is 24.3 Å². The van der Waals surface area contributed by atoms with Gasteiger partial charge in [-0.15, -0.1) is 0 Å². The third kappa shape index (κ3) is 4.04. The van der Waals surface area contributed by atoms with Crippen molar-refractivity contribution in [2.45, 2.75) is 51.6 Å². The molecule has 2 rings (SSSR count). The Bertz CT molecular complexity index is 447. The van der Waals surface area contributed by atoms with Crippen molar-refractivity contribution in [1.82, 2.24) is 4.90 Å². The second-order valence-corrected chi connectivity index (χ2v) is 6.30. The standard InChI is InChI=1S/C18H28FNO/c1-3-20(4-2)14-16-10-7-8-12-18(16,21)13-15-9-5-6-11-17(15)19/h5-6,9,11,16,21H,3-4,7-8,10,12-14H2,1-2H3/t16-,18-/m0/s1. The average molecular weight is 293 g/mol. The van der Waals surface area contributed by atoms with Crippen LogP contribution in [0, 0.1) is 11.7 Å². The molecule has 1 aliphatic rings. The van der Waals surface area contributed by atoms with Crippen LogP contribution in [0.1, 0.15) is 45.1 Å². The fourth-order valence-electron chi connectivity index (χ4n) is 3.55. The second-order valence-electron chi connectivity index (χ2n) is 6.30. The molecule has 0 aromatic heterocycles. The maximum atomic E-state index is 13.9. The lowest BCUT2D eigenvalue weighted by Gasteiger charge is -2.42. The highest BCUT2D eigenvalue weighted by atomic mass is 19.1. The molecule has 0 spiro atoms. The number of rotatable bonds is 6. The number of benzene rings is 1. The summed E-state index contributed by atoms with van der Waals surface area (Å²) >= 11 is 0. The van der Waals surface area contributed by atoms with Crippen molar-refractivity contribution in [2.24, 2.45) is 5.92 Å². The first-order valence-electron chi connectivity index (χ1n) is 8.27. The molecule has 0 saturated heterocycles. The predicted octanol–water partition coefficient (Wildman–Crippen LogP) is 3.63. The van der Waals surface area contributed by atoms with Crippen molar-refractivity contribution in [3.63, 3.8) is 0 Å². The largest absolute Gasteiger partial charge is 0.389 e. The molecule has 1 N–H and O–H groups in total. The van der Waals surface area contributed by atoms with Gasteiger partial charge in [-0.05, 0) is 37.6 Å². The van der Waals surface area contributed by atoms with Gasteiger partial charge in [0.05, 0.1) is 5.60 Å². The molecule has 0 unspecified atom stereocenters. The van der Waals surface area contributed by atoms with E-state index in [1.807, 2.05) is 6.07 Å². The summed E-state index contributed by atoms with van der Waals surface area (Å²) in [6, 6.07) is 6.85. The maximum absolute atomic E-state index is 13.9. The van der Waals surface area contributed by atoms with Crippen molar-refractivity contribution in [1.29, 1.82) is 0 Å². The van der Waals surface area contributed by atoms with Gasteiger partial charge in [0.25, 0.3) is 0 Å². The minimum atomic E-state index is -0.761. The summed E-state index contributed by atoms with van der Waals surface area (Å²) in [5, 5.41) is 11.2. The van der Waals surface area contributed by atoms with E-state index in [0.29, 0.717) is 12.0 Å². The van der Waals surface area contributed by atoms with E-state index in [0.717, 1.165) is 38.9 Å². The Labute approximate surface area is 128 Å². The molecule has 118 valence electrons. The Morgan fingerprint density at radius 2 is 1.95 bits per heavy atom. The van der Waals surface area contributed by atoms with E-state index < -0.39 is 5.60 Å². The summed E-state index contributed by atoms with van der Waals surface area (Å²) in [4.78, 5) is 2.36. The SMILES string of the molecule is CCN(CC)C[C@@H]1CCCC[C@]1(O)Cc1ccccc1F. The van der Waals surface area contributed by atoms with Gasteiger partial charge in [-0.25, -0.2) is 4.39 Å². The zero-order valence-corrected chi connectivity index (χ0v) is 13.3.